The number of carbonyl (C=O) groups is 1. The molecular formula is C13H24O2. The van der Waals surface area contributed by atoms with Gasteiger partial charge < -0.3 is 5.11 Å². The van der Waals surface area contributed by atoms with Gasteiger partial charge in [-0.3, -0.25) is 4.79 Å². The van der Waals surface area contributed by atoms with Crippen molar-refractivity contribution in [2.45, 2.75) is 52.9 Å². The Bertz CT molecular complexity index is 197. The Kier molecular flexibility index (Phi) is 8.06. The zero-order chi connectivity index (χ0) is 11.7. The molecule has 2 atom stereocenters. The third-order valence-electron chi connectivity index (χ3n) is 2.54. The molecule has 0 heterocycles. The third kappa shape index (κ3) is 9.51. The van der Waals surface area contributed by atoms with Gasteiger partial charge in [0.2, 0.25) is 0 Å². The summed E-state index contributed by atoms with van der Waals surface area (Å²) in [7, 11) is 0. The van der Waals surface area contributed by atoms with E-state index in [4.69, 9.17) is 5.11 Å². The van der Waals surface area contributed by atoms with Crippen LogP contribution in [0.4, 0.5) is 0 Å². The first kappa shape index (κ1) is 14.2. The Labute approximate surface area is 93.4 Å². The quantitative estimate of drug-likeness (QED) is 0.620. The molecule has 2 heteroatoms. The Balaban J connectivity index is 3.63. The van der Waals surface area contributed by atoms with Gasteiger partial charge in [0, 0.05) is 6.42 Å². The molecule has 0 amide bonds. The molecule has 0 spiro atoms. The molecular weight excluding hydrogens is 188 g/mol. The minimum Gasteiger partial charge on any atom is -0.481 e. The molecule has 15 heavy (non-hydrogen) atoms. The van der Waals surface area contributed by atoms with Gasteiger partial charge in [-0.25, -0.2) is 0 Å². The molecule has 0 radical (unpaired) electrons. The van der Waals surface area contributed by atoms with Crippen LogP contribution in [0.3, 0.4) is 0 Å². The number of hydrogen-bond acceptors (Lipinski definition) is 1. The highest BCUT2D eigenvalue weighted by Gasteiger charge is 2.05. The molecule has 0 aliphatic heterocycles. The van der Waals surface area contributed by atoms with Gasteiger partial charge in [0.15, 0.2) is 0 Å². The number of aliphatic carboxylic acids is 1. The van der Waals surface area contributed by atoms with Crippen molar-refractivity contribution >= 4 is 5.97 Å². The lowest BCUT2D eigenvalue weighted by molar-refractivity contribution is -0.137. The standard InChI is InChI=1S/C13H24O2/c1-4-5-7-11(2)8-6-9-12(3)10-13(14)15/h6,8,11-12H,4-5,7,9-10H2,1-3H3,(H,14,15)/b8-6+/t11-,12-/m1/s1. The Hall–Kier alpha value is -0.790. The zero-order valence-corrected chi connectivity index (χ0v) is 10.2. The van der Waals surface area contributed by atoms with E-state index in [0.29, 0.717) is 5.92 Å². The lowest BCUT2D eigenvalue weighted by Crippen LogP contribution is -2.03. The number of carboxylic acid groups (broad SMARTS) is 1. The van der Waals surface area contributed by atoms with Crippen LogP contribution in [0.5, 0.6) is 0 Å². The summed E-state index contributed by atoms with van der Waals surface area (Å²) in [6.07, 6.45) is 9.25. The van der Waals surface area contributed by atoms with E-state index in [0.717, 1.165) is 6.42 Å². The summed E-state index contributed by atoms with van der Waals surface area (Å²) in [6, 6.07) is 0. The van der Waals surface area contributed by atoms with Crippen molar-refractivity contribution in [2.24, 2.45) is 11.8 Å². The molecule has 0 aliphatic carbocycles. The molecule has 2 nitrogen and oxygen atoms in total. The van der Waals surface area contributed by atoms with Crippen LogP contribution in [0, 0.1) is 11.8 Å². The van der Waals surface area contributed by atoms with Crippen LogP contribution in [-0.4, -0.2) is 11.1 Å². The number of carboxylic acids is 1. The van der Waals surface area contributed by atoms with Gasteiger partial charge in [0.25, 0.3) is 0 Å². The maximum atomic E-state index is 10.4. The maximum Gasteiger partial charge on any atom is 0.303 e. The highest BCUT2D eigenvalue weighted by molar-refractivity contribution is 5.66. The fourth-order valence-electron chi connectivity index (χ4n) is 1.55. The summed E-state index contributed by atoms with van der Waals surface area (Å²) in [5.74, 6) is 0.175. The van der Waals surface area contributed by atoms with Crippen molar-refractivity contribution in [3.05, 3.63) is 12.2 Å². The van der Waals surface area contributed by atoms with Gasteiger partial charge in [-0.05, 0) is 24.7 Å². The van der Waals surface area contributed by atoms with Crippen LogP contribution in [-0.2, 0) is 4.79 Å². The topological polar surface area (TPSA) is 37.3 Å². The van der Waals surface area contributed by atoms with E-state index in [1.165, 1.54) is 19.3 Å². The minimum absolute atomic E-state index is 0.247. The molecule has 0 bridgehead atoms. The second-order valence-electron chi connectivity index (χ2n) is 4.49. The highest BCUT2D eigenvalue weighted by Crippen LogP contribution is 2.12. The van der Waals surface area contributed by atoms with Gasteiger partial charge in [-0.1, -0.05) is 45.8 Å². The first-order valence-corrected chi connectivity index (χ1v) is 5.94. The maximum absolute atomic E-state index is 10.4. The summed E-state index contributed by atoms with van der Waals surface area (Å²) in [5.41, 5.74) is 0. The van der Waals surface area contributed by atoms with Gasteiger partial charge in [0.05, 0.1) is 0 Å². The van der Waals surface area contributed by atoms with E-state index in [1.54, 1.807) is 0 Å². The monoisotopic (exact) mass is 212 g/mol. The number of hydrogen-bond donors (Lipinski definition) is 1. The van der Waals surface area contributed by atoms with Crippen LogP contribution >= 0.6 is 0 Å². The average molecular weight is 212 g/mol. The number of allylic oxidation sites excluding steroid dienone is 2. The molecule has 0 saturated carbocycles. The Morgan fingerprint density at radius 1 is 1.40 bits per heavy atom. The summed E-state index contributed by atoms with van der Waals surface area (Å²) in [6.45, 7) is 6.40. The van der Waals surface area contributed by atoms with Crippen LogP contribution < -0.4 is 0 Å². The van der Waals surface area contributed by atoms with E-state index in [2.05, 4.69) is 26.0 Å². The second kappa shape index (κ2) is 8.51. The Morgan fingerprint density at radius 3 is 2.60 bits per heavy atom. The smallest absolute Gasteiger partial charge is 0.303 e. The molecule has 88 valence electrons. The van der Waals surface area contributed by atoms with E-state index in [-0.39, 0.29) is 12.3 Å². The van der Waals surface area contributed by atoms with Crippen molar-refractivity contribution in [1.82, 2.24) is 0 Å². The van der Waals surface area contributed by atoms with Crippen LogP contribution in [0.2, 0.25) is 0 Å². The number of rotatable bonds is 8. The third-order valence-corrected chi connectivity index (χ3v) is 2.54. The van der Waals surface area contributed by atoms with Crippen molar-refractivity contribution < 1.29 is 9.90 Å². The first-order valence-electron chi connectivity index (χ1n) is 5.94. The second-order valence-corrected chi connectivity index (χ2v) is 4.49. The molecule has 0 aromatic rings. The lowest BCUT2D eigenvalue weighted by Gasteiger charge is -2.06. The fraction of sp³-hybridized carbons (Fsp3) is 0.769. The number of unbranched alkanes of at least 4 members (excludes halogenated alkanes) is 1. The fourth-order valence-corrected chi connectivity index (χ4v) is 1.55. The first-order chi connectivity index (χ1) is 7.06. The molecule has 0 unspecified atom stereocenters. The minimum atomic E-state index is -0.699. The van der Waals surface area contributed by atoms with E-state index in [9.17, 15) is 4.79 Å². The van der Waals surface area contributed by atoms with E-state index < -0.39 is 5.97 Å². The summed E-state index contributed by atoms with van der Waals surface area (Å²) in [5, 5.41) is 8.58. The van der Waals surface area contributed by atoms with E-state index in [1.807, 2.05) is 6.92 Å². The molecule has 0 saturated heterocycles. The normalized spacial score (nSPS) is 15.4. The SMILES string of the molecule is CCCC[C@@H](C)/C=C/C[C@@H](C)CC(=O)O. The average Bonchev–Trinajstić information content (AvgIpc) is 2.13. The Morgan fingerprint density at radius 2 is 2.07 bits per heavy atom. The summed E-state index contributed by atoms with van der Waals surface area (Å²) >= 11 is 0. The van der Waals surface area contributed by atoms with E-state index >= 15 is 0 Å². The predicted octanol–water partition coefficient (Wildman–Crippen LogP) is 3.87. The van der Waals surface area contributed by atoms with Gasteiger partial charge in [0.1, 0.15) is 0 Å². The van der Waals surface area contributed by atoms with Gasteiger partial charge in [-0.15, -0.1) is 0 Å². The molecule has 1 N–H and O–H groups in total. The van der Waals surface area contributed by atoms with Crippen molar-refractivity contribution in [2.75, 3.05) is 0 Å². The molecule has 0 rings (SSSR count). The van der Waals surface area contributed by atoms with Gasteiger partial charge in [-0.2, -0.15) is 0 Å². The van der Waals surface area contributed by atoms with Crippen molar-refractivity contribution in [1.29, 1.82) is 0 Å². The van der Waals surface area contributed by atoms with Crippen LogP contribution in [0.1, 0.15) is 52.9 Å². The predicted molar refractivity (Wildman–Crippen MR) is 63.9 cm³/mol. The zero-order valence-electron chi connectivity index (χ0n) is 10.2. The molecule has 0 aliphatic rings. The van der Waals surface area contributed by atoms with Crippen LogP contribution in [0.15, 0.2) is 12.2 Å². The van der Waals surface area contributed by atoms with Gasteiger partial charge >= 0.3 is 5.97 Å². The molecule has 0 fully saturated rings. The molecule has 0 aromatic carbocycles. The largest absolute Gasteiger partial charge is 0.481 e. The highest BCUT2D eigenvalue weighted by atomic mass is 16.4. The van der Waals surface area contributed by atoms with Crippen LogP contribution in [0.25, 0.3) is 0 Å². The summed E-state index contributed by atoms with van der Waals surface area (Å²) < 4.78 is 0. The molecule has 0 aromatic heterocycles. The van der Waals surface area contributed by atoms with Crippen molar-refractivity contribution in [3.63, 3.8) is 0 Å². The summed E-state index contributed by atoms with van der Waals surface area (Å²) in [4.78, 5) is 10.4. The van der Waals surface area contributed by atoms with Crippen molar-refractivity contribution in [3.8, 4) is 0 Å². The lowest BCUT2D eigenvalue weighted by atomic mass is 10.00.